The van der Waals surface area contributed by atoms with Gasteiger partial charge in [0.15, 0.2) is 0 Å². The van der Waals surface area contributed by atoms with Gasteiger partial charge in [-0.3, -0.25) is 0 Å². The van der Waals surface area contributed by atoms with E-state index in [0.717, 1.165) is 31.7 Å². The maximum atomic E-state index is 8.97. The molecule has 1 aromatic carbocycles. The van der Waals surface area contributed by atoms with Gasteiger partial charge in [0, 0.05) is 50.4 Å². The molecule has 0 saturated carbocycles. The summed E-state index contributed by atoms with van der Waals surface area (Å²) in [7, 11) is 0. The van der Waals surface area contributed by atoms with Crippen molar-refractivity contribution >= 4 is 5.69 Å². The van der Waals surface area contributed by atoms with E-state index < -0.39 is 0 Å². The Morgan fingerprint density at radius 1 is 1.32 bits per heavy atom. The van der Waals surface area contributed by atoms with Crippen molar-refractivity contribution < 1.29 is 0 Å². The van der Waals surface area contributed by atoms with Crippen LogP contribution in [0.4, 0.5) is 5.69 Å². The number of nitrogens with zero attached hydrogens (tertiary/aromatic N) is 3. The van der Waals surface area contributed by atoms with E-state index in [2.05, 4.69) is 21.9 Å². The third-order valence-corrected chi connectivity index (χ3v) is 4.34. The molecule has 19 heavy (non-hydrogen) atoms. The van der Waals surface area contributed by atoms with Crippen molar-refractivity contribution in [1.29, 1.82) is 5.26 Å². The number of rotatable bonds is 3. The smallest absolute Gasteiger partial charge is 0.0992 e. The summed E-state index contributed by atoms with van der Waals surface area (Å²) in [6, 6.07) is 10.2. The minimum absolute atomic E-state index is 0.470. The van der Waals surface area contributed by atoms with Gasteiger partial charge in [-0.25, -0.2) is 0 Å². The van der Waals surface area contributed by atoms with Crippen LogP contribution in [0, 0.1) is 16.7 Å². The van der Waals surface area contributed by atoms with Crippen LogP contribution in [0.3, 0.4) is 0 Å². The van der Waals surface area contributed by atoms with E-state index in [4.69, 9.17) is 11.0 Å². The molecule has 0 bridgehead atoms. The standard InChI is InChI=1S/C15H20N4/c16-5-7-18-10-15(11-18)4-6-19(12-15)14-3-1-2-13(8-14)9-17/h1-3,8H,4-7,10-12,16H2. The average molecular weight is 256 g/mol. The maximum Gasteiger partial charge on any atom is 0.0992 e. The zero-order chi connectivity index (χ0) is 13.3. The van der Waals surface area contributed by atoms with Crippen LogP contribution in [0.5, 0.6) is 0 Å². The van der Waals surface area contributed by atoms with Crippen LogP contribution in [-0.4, -0.2) is 44.2 Å². The van der Waals surface area contributed by atoms with Crippen LogP contribution in [0.1, 0.15) is 12.0 Å². The third kappa shape index (κ3) is 2.32. The van der Waals surface area contributed by atoms with E-state index in [-0.39, 0.29) is 0 Å². The first-order chi connectivity index (χ1) is 9.24. The summed E-state index contributed by atoms with van der Waals surface area (Å²) in [4.78, 5) is 4.86. The molecular formula is C15H20N4. The molecule has 1 spiro atoms. The molecule has 2 N–H and O–H groups in total. The molecule has 1 aromatic rings. The molecule has 2 fully saturated rings. The van der Waals surface area contributed by atoms with Crippen molar-refractivity contribution in [2.24, 2.45) is 11.1 Å². The number of nitriles is 1. The molecular weight excluding hydrogens is 236 g/mol. The predicted octanol–water partition coefficient (Wildman–Crippen LogP) is 1.03. The summed E-state index contributed by atoms with van der Waals surface area (Å²) in [5, 5.41) is 8.97. The van der Waals surface area contributed by atoms with Gasteiger partial charge in [0.25, 0.3) is 0 Å². The van der Waals surface area contributed by atoms with E-state index in [0.29, 0.717) is 5.41 Å². The van der Waals surface area contributed by atoms with Crippen molar-refractivity contribution in [3.8, 4) is 6.07 Å². The van der Waals surface area contributed by atoms with Crippen molar-refractivity contribution in [3.05, 3.63) is 29.8 Å². The van der Waals surface area contributed by atoms with Crippen molar-refractivity contribution in [2.75, 3.05) is 44.2 Å². The average Bonchev–Trinajstić information content (AvgIpc) is 2.84. The van der Waals surface area contributed by atoms with Crippen molar-refractivity contribution in [2.45, 2.75) is 6.42 Å². The molecule has 0 unspecified atom stereocenters. The van der Waals surface area contributed by atoms with Gasteiger partial charge in [0.05, 0.1) is 11.6 Å². The zero-order valence-corrected chi connectivity index (χ0v) is 11.2. The van der Waals surface area contributed by atoms with Crippen LogP contribution < -0.4 is 10.6 Å². The lowest BCUT2D eigenvalue weighted by Crippen LogP contribution is -2.58. The fourth-order valence-electron chi connectivity index (χ4n) is 3.43. The first-order valence-electron chi connectivity index (χ1n) is 6.92. The van der Waals surface area contributed by atoms with Crippen LogP contribution >= 0.6 is 0 Å². The number of nitrogens with two attached hydrogens (primary N) is 1. The van der Waals surface area contributed by atoms with E-state index >= 15 is 0 Å². The number of likely N-dealkylation sites (tertiary alicyclic amines) is 1. The largest absolute Gasteiger partial charge is 0.371 e. The van der Waals surface area contributed by atoms with Crippen LogP contribution in [0.2, 0.25) is 0 Å². The van der Waals surface area contributed by atoms with E-state index in [1.807, 2.05) is 18.2 Å². The maximum absolute atomic E-state index is 8.97. The fourth-order valence-corrected chi connectivity index (χ4v) is 3.43. The topological polar surface area (TPSA) is 56.3 Å². The first-order valence-corrected chi connectivity index (χ1v) is 6.92. The highest BCUT2D eigenvalue weighted by atomic mass is 15.3. The highest BCUT2D eigenvalue weighted by Gasteiger charge is 2.47. The van der Waals surface area contributed by atoms with Gasteiger partial charge in [-0.1, -0.05) is 6.07 Å². The van der Waals surface area contributed by atoms with Crippen LogP contribution in [-0.2, 0) is 0 Å². The van der Waals surface area contributed by atoms with Gasteiger partial charge in [-0.15, -0.1) is 0 Å². The summed E-state index contributed by atoms with van der Waals surface area (Å²) >= 11 is 0. The van der Waals surface area contributed by atoms with E-state index in [1.54, 1.807) is 0 Å². The Balaban J connectivity index is 1.65. The number of hydrogen-bond acceptors (Lipinski definition) is 4. The highest BCUT2D eigenvalue weighted by Crippen LogP contribution is 2.40. The van der Waals surface area contributed by atoms with Gasteiger partial charge in [-0.05, 0) is 24.6 Å². The van der Waals surface area contributed by atoms with Crippen molar-refractivity contribution in [1.82, 2.24) is 4.90 Å². The lowest BCUT2D eigenvalue weighted by Gasteiger charge is -2.48. The summed E-state index contributed by atoms with van der Waals surface area (Å²) in [6.07, 6.45) is 1.25. The second-order valence-corrected chi connectivity index (χ2v) is 5.83. The quantitative estimate of drug-likeness (QED) is 0.877. The summed E-state index contributed by atoms with van der Waals surface area (Å²) < 4.78 is 0. The second kappa shape index (κ2) is 4.84. The van der Waals surface area contributed by atoms with Crippen LogP contribution in [0.25, 0.3) is 0 Å². The van der Waals surface area contributed by atoms with Crippen LogP contribution in [0.15, 0.2) is 24.3 Å². The molecule has 0 atom stereocenters. The Labute approximate surface area is 114 Å². The molecule has 2 aliphatic heterocycles. The first kappa shape index (κ1) is 12.5. The summed E-state index contributed by atoms with van der Waals surface area (Å²) in [5.74, 6) is 0. The second-order valence-electron chi connectivity index (χ2n) is 5.83. The Morgan fingerprint density at radius 2 is 2.16 bits per heavy atom. The minimum atomic E-state index is 0.470. The lowest BCUT2D eigenvalue weighted by molar-refractivity contribution is 0.0213. The number of anilines is 1. The Morgan fingerprint density at radius 3 is 2.89 bits per heavy atom. The number of benzene rings is 1. The molecule has 0 aromatic heterocycles. The molecule has 2 aliphatic rings. The minimum Gasteiger partial charge on any atom is -0.371 e. The Bertz CT molecular complexity index is 499. The summed E-state index contributed by atoms with van der Waals surface area (Å²) in [6.45, 7) is 6.35. The lowest BCUT2D eigenvalue weighted by atomic mass is 9.79. The molecule has 3 rings (SSSR count). The molecule has 4 heteroatoms. The van der Waals surface area contributed by atoms with Gasteiger partial charge in [0.1, 0.15) is 0 Å². The molecule has 100 valence electrons. The number of hydrogen-bond donors (Lipinski definition) is 1. The van der Waals surface area contributed by atoms with Gasteiger partial charge in [0.2, 0.25) is 0 Å². The SMILES string of the molecule is N#Cc1cccc(N2CCC3(CN(CCN)C3)C2)c1. The zero-order valence-electron chi connectivity index (χ0n) is 11.2. The molecule has 2 heterocycles. The molecule has 0 aliphatic carbocycles. The molecule has 4 nitrogen and oxygen atoms in total. The predicted molar refractivity (Wildman–Crippen MR) is 75.9 cm³/mol. The molecule has 2 saturated heterocycles. The highest BCUT2D eigenvalue weighted by molar-refractivity contribution is 5.52. The Kier molecular flexibility index (Phi) is 3.17. The van der Waals surface area contributed by atoms with E-state index in [9.17, 15) is 0 Å². The summed E-state index contributed by atoms with van der Waals surface area (Å²) in [5.41, 5.74) is 8.00. The normalized spacial score (nSPS) is 21.4. The molecule has 0 radical (unpaired) electrons. The fraction of sp³-hybridized carbons (Fsp3) is 0.533. The monoisotopic (exact) mass is 256 g/mol. The molecule has 0 amide bonds. The van der Waals surface area contributed by atoms with Gasteiger partial charge < -0.3 is 15.5 Å². The Hall–Kier alpha value is -1.57. The van der Waals surface area contributed by atoms with Gasteiger partial charge in [-0.2, -0.15) is 5.26 Å². The van der Waals surface area contributed by atoms with E-state index in [1.165, 1.54) is 25.2 Å². The third-order valence-electron chi connectivity index (χ3n) is 4.34. The van der Waals surface area contributed by atoms with Gasteiger partial charge >= 0.3 is 0 Å². The van der Waals surface area contributed by atoms with Crippen molar-refractivity contribution in [3.63, 3.8) is 0 Å².